The largest absolute Gasteiger partial charge is 0.463 e. The summed E-state index contributed by atoms with van der Waals surface area (Å²) in [5, 5.41) is 2.65. The minimum absolute atomic E-state index is 0.178. The topological polar surface area (TPSA) is 64.6 Å². The van der Waals surface area contributed by atoms with Gasteiger partial charge >= 0.3 is 12.1 Å². The van der Waals surface area contributed by atoms with Crippen LogP contribution < -0.4 is 5.32 Å². The molecule has 0 atom stereocenters. The van der Waals surface area contributed by atoms with Crippen LogP contribution in [0.15, 0.2) is 36.4 Å². The van der Waals surface area contributed by atoms with E-state index in [2.05, 4.69) is 5.32 Å². The molecule has 0 aliphatic carbocycles. The minimum Gasteiger partial charge on any atom is -0.463 e. The fraction of sp³-hybridized carbons (Fsp3) is 0.412. The van der Waals surface area contributed by atoms with Gasteiger partial charge in [0.05, 0.1) is 6.61 Å². The number of carbonyl (C=O) groups is 2. The molecule has 0 saturated carbocycles. The van der Waals surface area contributed by atoms with Crippen molar-refractivity contribution in [3.05, 3.63) is 42.0 Å². The summed E-state index contributed by atoms with van der Waals surface area (Å²) in [6.45, 7) is 7.60. The van der Waals surface area contributed by atoms with Crippen molar-refractivity contribution >= 4 is 17.6 Å². The van der Waals surface area contributed by atoms with Gasteiger partial charge in [-0.15, -0.1) is 0 Å². The number of ether oxygens (including phenoxy) is 2. The number of benzene rings is 1. The van der Waals surface area contributed by atoms with E-state index in [1.165, 1.54) is 6.08 Å². The Labute approximate surface area is 131 Å². The summed E-state index contributed by atoms with van der Waals surface area (Å²) >= 11 is 0. The molecule has 0 aromatic heterocycles. The summed E-state index contributed by atoms with van der Waals surface area (Å²) in [4.78, 5) is 23.4. The molecule has 0 radical (unpaired) electrons. The van der Waals surface area contributed by atoms with Crippen molar-refractivity contribution in [3.63, 3.8) is 0 Å². The van der Waals surface area contributed by atoms with Gasteiger partial charge in [0.15, 0.2) is 0 Å². The van der Waals surface area contributed by atoms with Gasteiger partial charge in [-0.1, -0.05) is 30.3 Å². The van der Waals surface area contributed by atoms with E-state index < -0.39 is 17.7 Å². The molecule has 0 saturated heterocycles. The molecule has 1 amide bonds. The van der Waals surface area contributed by atoms with Gasteiger partial charge in [0.2, 0.25) is 0 Å². The summed E-state index contributed by atoms with van der Waals surface area (Å²) in [6, 6.07) is 9.33. The van der Waals surface area contributed by atoms with Gasteiger partial charge in [0, 0.05) is 12.6 Å². The lowest BCUT2D eigenvalue weighted by Gasteiger charge is -2.20. The zero-order valence-electron chi connectivity index (χ0n) is 13.5. The molecule has 1 rings (SSSR count). The highest BCUT2D eigenvalue weighted by Crippen LogP contribution is 2.14. The van der Waals surface area contributed by atoms with Crippen LogP contribution in [0.5, 0.6) is 0 Å². The Hall–Kier alpha value is -2.30. The predicted octanol–water partition coefficient (Wildman–Crippen LogP) is 3.16. The number of hydrogen-bond donors (Lipinski definition) is 1. The van der Waals surface area contributed by atoms with Crippen LogP contribution in [0.4, 0.5) is 4.79 Å². The molecule has 0 fully saturated rings. The first-order valence-corrected chi connectivity index (χ1v) is 7.21. The Morgan fingerprint density at radius 1 is 1.18 bits per heavy atom. The maximum absolute atomic E-state index is 11.7. The summed E-state index contributed by atoms with van der Waals surface area (Å²) in [7, 11) is 0. The lowest BCUT2D eigenvalue weighted by Crippen LogP contribution is -2.33. The third-order valence-corrected chi connectivity index (χ3v) is 2.55. The maximum Gasteiger partial charge on any atom is 0.407 e. The molecule has 0 heterocycles. The number of alkyl carbamates (subject to hydrolysis) is 1. The molecule has 0 bridgehead atoms. The monoisotopic (exact) mass is 305 g/mol. The zero-order chi connectivity index (χ0) is 16.6. The standard InChI is InChI=1S/C17H23NO4/c1-5-21-15(19)11-14(13-9-7-6-8-10-13)12-18-16(20)22-17(2,3)4/h6-11H,5,12H2,1-4H3,(H,18,20)/b14-11+. The summed E-state index contributed by atoms with van der Waals surface area (Å²) in [6.07, 6.45) is 0.856. The first-order chi connectivity index (χ1) is 10.3. The summed E-state index contributed by atoms with van der Waals surface area (Å²) in [5.41, 5.74) is 0.929. The van der Waals surface area contributed by atoms with E-state index in [1.54, 1.807) is 27.7 Å². The van der Waals surface area contributed by atoms with E-state index in [9.17, 15) is 9.59 Å². The van der Waals surface area contributed by atoms with Gasteiger partial charge in [0.25, 0.3) is 0 Å². The van der Waals surface area contributed by atoms with Crippen LogP contribution in [0.3, 0.4) is 0 Å². The SMILES string of the molecule is CCOC(=O)/C=C(\CNC(=O)OC(C)(C)C)c1ccccc1. The molecule has 1 aromatic carbocycles. The van der Waals surface area contributed by atoms with Crippen molar-refractivity contribution in [1.29, 1.82) is 0 Å². The van der Waals surface area contributed by atoms with E-state index >= 15 is 0 Å². The van der Waals surface area contributed by atoms with Crippen LogP contribution in [0.25, 0.3) is 5.57 Å². The first kappa shape index (κ1) is 17.8. The molecule has 0 aliphatic heterocycles. The van der Waals surface area contributed by atoms with Gasteiger partial charge in [-0.05, 0) is 38.8 Å². The molecular formula is C17H23NO4. The Morgan fingerprint density at radius 2 is 1.82 bits per heavy atom. The normalized spacial score (nSPS) is 11.7. The lowest BCUT2D eigenvalue weighted by atomic mass is 10.1. The second-order valence-corrected chi connectivity index (χ2v) is 5.64. The molecule has 0 spiro atoms. The van der Waals surface area contributed by atoms with Crippen LogP contribution >= 0.6 is 0 Å². The quantitative estimate of drug-likeness (QED) is 0.670. The van der Waals surface area contributed by atoms with Gasteiger partial charge < -0.3 is 14.8 Å². The molecule has 0 unspecified atom stereocenters. The average molecular weight is 305 g/mol. The van der Waals surface area contributed by atoms with Gasteiger partial charge in [-0.3, -0.25) is 0 Å². The van der Waals surface area contributed by atoms with Crippen molar-refractivity contribution in [2.45, 2.75) is 33.3 Å². The highest BCUT2D eigenvalue weighted by molar-refractivity contribution is 5.92. The van der Waals surface area contributed by atoms with Crippen LogP contribution in [0.1, 0.15) is 33.3 Å². The average Bonchev–Trinajstić information content (AvgIpc) is 2.43. The van der Waals surface area contributed by atoms with Crippen molar-refractivity contribution in [1.82, 2.24) is 5.32 Å². The van der Waals surface area contributed by atoms with E-state index in [4.69, 9.17) is 9.47 Å². The number of hydrogen-bond acceptors (Lipinski definition) is 4. The van der Waals surface area contributed by atoms with E-state index in [0.29, 0.717) is 12.2 Å². The van der Waals surface area contributed by atoms with E-state index in [0.717, 1.165) is 5.56 Å². The summed E-state index contributed by atoms with van der Waals surface area (Å²) < 4.78 is 10.1. The zero-order valence-corrected chi connectivity index (χ0v) is 13.5. The fourth-order valence-corrected chi connectivity index (χ4v) is 1.70. The van der Waals surface area contributed by atoms with Gasteiger partial charge in [0.1, 0.15) is 5.60 Å². The Bertz CT molecular complexity index is 529. The third kappa shape index (κ3) is 6.92. The number of nitrogens with one attached hydrogen (secondary N) is 1. The fourth-order valence-electron chi connectivity index (χ4n) is 1.70. The van der Waals surface area contributed by atoms with Crippen LogP contribution in [-0.2, 0) is 14.3 Å². The lowest BCUT2D eigenvalue weighted by molar-refractivity contribution is -0.137. The van der Waals surface area contributed by atoms with Crippen molar-refractivity contribution in [2.75, 3.05) is 13.2 Å². The second kappa shape index (κ2) is 8.22. The highest BCUT2D eigenvalue weighted by atomic mass is 16.6. The number of esters is 1. The molecule has 5 nitrogen and oxygen atoms in total. The van der Waals surface area contributed by atoms with Gasteiger partial charge in [-0.2, -0.15) is 0 Å². The van der Waals surface area contributed by atoms with Gasteiger partial charge in [-0.25, -0.2) is 9.59 Å². The Kier molecular flexibility index (Phi) is 6.63. The van der Waals surface area contributed by atoms with Crippen molar-refractivity contribution in [3.8, 4) is 0 Å². The number of carbonyl (C=O) groups excluding carboxylic acids is 2. The Balaban J connectivity index is 2.80. The Morgan fingerprint density at radius 3 is 2.36 bits per heavy atom. The molecule has 1 aromatic rings. The number of amides is 1. The van der Waals surface area contributed by atoms with E-state index in [1.807, 2.05) is 30.3 Å². The first-order valence-electron chi connectivity index (χ1n) is 7.21. The van der Waals surface area contributed by atoms with Crippen molar-refractivity contribution in [2.24, 2.45) is 0 Å². The second-order valence-electron chi connectivity index (χ2n) is 5.64. The maximum atomic E-state index is 11.7. The van der Waals surface area contributed by atoms with Crippen LogP contribution in [0, 0.1) is 0 Å². The van der Waals surface area contributed by atoms with Crippen molar-refractivity contribution < 1.29 is 19.1 Å². The molecule has 1 N–H and O–H groups in total. The molecule has 22 heavy (non-hydrogen) atoms. The van der Waals surface area contributed by atoms with Crippen LogP contribution in [0.2, 0.25) is 0 Å². The molecule has 0 aliphatic rings. The third-order valence-electron chi connectivity index (χ3n) is 2.55. The number of rotatable bonds is 5. The molecule has 5 heteroatoms. The smallest absolute Gasteiger partial charge is 0.407 e. The summed E-state index contributed by atoms with van der Waals surface area (Å²) in [5.74, 6) is -0.438. The van der Waals surface area contributed by atoms with E-state index in [-0.39, 0.29) is 6.54 Å². The predicted molar refractivity (Wildman–Crippen MR) is 85.3 cm³/mol. The van der Waals surface area contributed by atoms with Crippen LogP contribution in [-0.4, -0.2) is 30.8 Å². The molecule has 120 valence electrons. The highest BCUT2D eigenvalue weighted by Gasteiger charge is 2.16. The molecular weight excluding hydrogens is 282 g/mol. The minimum atomic E-state index is -0.568.